The highest BCUT2D eigenvalue weighted by Crippen LogP contribution is 2.02. The highest BCUT2D eigenvalue weighted by atomic mass is 15.2. The molecule has 0 aromatic heterocycles. The Morgan fingerprint density at radius 1 is 0.345 bits per heavy atom. The first-order valence-corrected chi connectivity index (χ1v) is 12.4. The summed E-state index contributed by atoms with van der Waals surface area (Å²) >= 11 is 0. The molecule has 0 aromatic rings. The Balaban J connectivity index is 4.62. The van der Waals surface area contributed by atoms with Crippen molar-refractivity contribution in [3.63, 3.8) is 0 Å². The van der Waals surface area contributed by atoms with Gasteiger partial charge in [-0.15, -0.1) is 0 Å². The van der Waals surface area contributed by atoms with Crippen molar-refractivity contribution in [3.05, 3.63) is 0 Å². The van der Waals surface area contributed by atoms with E-state index in [1.165, 1.54) is 97.4 Å². The third kappa shape index (κ3) is 18.3. The molecule has 0 N–H and O–H groups in total. The lowest BCUT2D eigenvalue weighted by Gasteiger charge is -2.31. The first kappa shape index (κ1) is 28.8. The number of hydrogen-bond acceptors (Lipinski definition) is 5. The highest BCUT2D eigenvalue weighted by molar-refractivity contribution is 4.68. The summed E-state index contributed by atoms with van der Waals surface area (Å²) in [5.74, 6) is 0. The molecule has 0 atom stereocenters. The van der Waals surface area contributed by atoms with Crippen molar-refractivity contribution in [2.45, 2.75) is 59.3 Å². The van der Waals surface area contributed by atoms with Crippen molar-refractivity contribution in [1.82, 2.24) is 24.5 Å². The Bertz CT molecular complexity index is 307. The lowest BCUT2D eigenvalue weighted by Crippen LogP contribution is -2.43. The smallest absolute Gasteiger partial charge is 0.0110 e. The fourth-order valence-corrected chi connectivity index (χ4v) is 3.40. The van der Waals surface area contributed by atoms with Gasteiger partial charge in [-0.3, -0.25) is 0 Å². The topological polar surface area (TPSA) is 16.2 Å². The molecular formula is C24H55N5. The van der Waals surface area contributed by atoms with E-state index >= 15 is 0 Å². The summed E-state index contributed by atoms with van der Waals surface area (Å²) in [6, 6.07) is 0. The predicted molar refractivity (Wildman–Crippen MR) is 131 cm³/mol. The fourth-order valence-electron chi connectivity index (χ4n) is 3.40. The zero-order valence-electron chi connectivity index (χ0n) is 21.3. The second-order valence-corrected chi connectivity index (χ2v) is 9.19. The molecule has 0 heterocycles. The third-order valence-electron chi connectivity index (χ3n) is 5.68. The fraction of sp³-hybridized carbons (Fsp3) is 1.00. The number of nitrogens with zero attached hydrogens (tertiary/aromatic N) is 5. The Labute approximate surface area is 184 Å². The van der Waals surface area contributed by atoms with Crippen molar-refractivity contribution >= 4 is 0 Å². The van der Waals surface area contributed by atoms with Crippen LogP contribution >= 0.6 is 0 Å². The molecule has 5 heteroatoms. The maximum atomic E-state index is 2.73. The second kappa shape index (κ2) is 19.7. The standard InChI is InChI=1S/C24H55N5/c1-8-11-14-27(19-17-25(4)5)21-23-29(16-13-10-3)24-22-28(15-12-9-2)20-18-26(6)7/h8-24H2,1-7H3. The zero-order valence-corrected chi connectivity index (χ0v) is 21.3. The Morgan fingerprint density at radius 3 is 0.793 bits per heavy atom. The van der Waals surface area contributed by atoms with E-state index in [4.69, 9.17) is 0 Å². The number of unbranched alkanes of at least 4 members (excludes halogenated alkanes) is 3. The quantitative estimate of drug-likeness (QED) is 0.286. The molecule has 176 valence electrons. The summed E-state index contributed by atoms with van der Waals surface area (Å²) in [6.07, 6.45) is 7.82. The molecule has 0 saturated carbocycles. The van der Waals surface area contributed by atoms with Crippen molar-refractivity contribution in [2.24, 2.45) is 0 Å². The molecule has 0 aliphatic rings. The van der Waals surface area contributed by atoms with Crippen LogP contribution in [0, 0.1) is 0 Å². The molecule has 0 radical (unpaired) electrons. The van der Waals surface area contributed by atoms with Crippen LogP contribution in [0.3, 0.4) is 0 Å². The average Bonchev–Trinajstić information content (AvgIpc) is 2.69. The summed E-state index contributed by atoms with van der Waals surface area (Å²) in [4.78, 5) is 12.7. The van der Waals surface area contributed by atoms with Gasteiger partial charge in [-0.1, -0.05) is 40.0 Å². The molecule has 0 saturated heterocycles. The van der Waals surface area contributed by atoms with Crippen LogP contribution in [-0.4, -0.2) is 125 Å². The van der Waals surface area contributed by atoms with E-state index in [-0.39, 0.29) is 0 Å². The van der Waals surface area contributed by atoms with E-state index < -0.39 is 0 Å². The van der Waals surface area contributed by atoms with Gasteiger partial charge in [-0.05, 0) is 67.1 Å². The molecule has 5 nitrogen and oxygen atoms in total. The van der Waals surface area contributed by atoms with Crippen LogP contribution in [0.5, 0.6) is 0 Å². The normalized spacial score (nSPS) is 12.4. The van der Waals surface area contributed by atoms with Crippen molar-refractivity contribution in [1.29, 1.82) is 0 Å². The molecule has 0 unspecified atom stereocenters. The first-order chi connectivity index (χ1) is 13.9. The summed E-state index contributed by atoms with van der Waals surface area (Å²) in [5.41, 5.74) is 0. The monoisotopic (exact) mass is 413 g/mol. The molecule has 0 spiro atoms. The van der Waals surface area contributed by atoms with Gasteiger partial charge in [-0.25, -0.2) is 0 Å². The largest absolute Gasteiger partial charge is 0.308 e. The summed E-state index contributed by atoms with van der Waals surface area (Å²) < 4.78 is 0. The number of hydrogen-bond donors (Lipinski definition) is 0. The highest BCUT2D eigenvalue weighted by Gasteiger charge is 2.12. The lowest BCUT2D eigenvalue weighted by atomic mass is 10.2. The van der Waals surface area contributed by atoms with Crippen LogP contribution in [0.4, 0.5) is 0 Å². The van der Waals surface area contributed by atoms with Gasteiger partial charge >= 0.3 is 0 Å². The van der Waals surface area contributed by atoms with Gasteiger partial charge in [0.2, 0.25) is 0 Å². The van der Waals surface area contributed by atoms with Gasteiger partial charge in [-0.2, -0.15) is 0 Å². The van der Waals surface area contributed by atoms with E-state index in [2.05, 4.69) is 73.5 Å². The Hall–Kier alpha value is -0.200. The summed E-state index contributed by atoms with van der Waals surface area (Å²) in [5, 5.41) is 0. The minimum Gasteiger partial charge on any atom is -0.308 e. The van der Waals surface area contributed by atoms with Crippen LogP contribution in [0.2, 0.25) is 0 Å². The van der Waals surface area contributed by atoms with Gasteiger partial charge in [0, 0.05) is 52.4 Å². The second-order valence-electron chi connectivity index (χ2n) is 9.19. The Kier molecular flexibility index (Phi) is 19.6. The first-order valence-electron chi connectivity index (χ1n) is 12.4. The molecular weight excluding hydrogens is 358 g/mol. The average molecular weight is 414 g/mol. The van der Waals surface area contributed by atoms with E-state index in [0.29, 0.717) is 0 Å². The molecule has 0 bridgehead atoms. The Morgan fingerprint density at radius 2 is 0.586 bits per heavy atom. The zero-order chi connectivity index (χ0) is 21.9. The van der Waals surface area contributed by atoms with E-state index in [9.17, 15) is 0 Å². The van der Waals surface area contributed by atoms with Crippen LogP contribution in [0.15, 0.2) is 0 Å². The van der Waals surface area contributed by atoms with E-state index in [1.807, 2.05) is 0 Å². The van der Waals surface area contributed by atoms with Gasteiger partial charge in [0.1, 0.15) is 0 Å². The maximum absolute atomic E-state index is 2.73. The molecule has 0 aromatic carbocycles. The van der Waals surface area contributed by atoms with Crippen molar-refractivity contribution < 1.29 is 0 Å². The predicted octanol–water partition coefficient (Wildman–Crippen LogP) is 3.42. The van der Waals surface area contributed by atoms with Crippen molar-refractivity contribution in [2.75, 3.05) is 100 Å². The minimum absolute atomic E-state index is 1.16. The van der Waals surface area contributed by atoms with Crippen LogP contribution in [0.25, 0.3) is 0 Å². The van der Waals surface area contributed by atoms with Gasteiger partial charge in [0.15, 0.2) is 0 Å². The number of rotatable bonds is 21. The van der Waals surface area contributed by atoms with Crippen LogP contribution in [-0.2, 0) is 0 Å². The van der Waals surface area contributed by atoms with Gasteiger partial charge < -0.3 is 24.5 Å². The number of likely N-dealkylation sites (N-methyl/N-ethyl adjacent to an activating group) is 2. The van der Waals surface area contributed by atoms with E-state index in [0.717, 1.165) is 13.1 Å². The van der Waals surface area contributed by atoms with Gasteiger partial charge in [0.05, 0.1) is 0 Å². The maximum Gasteiger partial charge on any atom is 0.0110 e. The molecule has 0 aliphatic carbocycles. The minimum atomic E-state index is 1.16. The van der Waals surface area contributed by atoms with Crippen molar-refractivity contribution in [3.8, 4) is 0 Å². The van der Waals surface area contributed by atoms with E-state index in [1.54, 1.807) is 0 Å². The SMILES string of the molecule is CCCCN(CCN(C)C)CCN(CCCC)CCN(CCCC)CCN(C)C. The lowest BCUT2D eigenvalue weighted by molar-refractivity contribution is 0.161. The van der Waals surface area contributed by atoms with Gasteiger partial charge in [0.25, 0.3) is 0 Å². The molecule has 29 heavy (non-hydrogen) atoms. The van der Waals surface area contributed by atoms with Crippen LogP contribution in [0.1, 0.15) is 59.3 Å². The molecule has 0 rings (SSSR count). The molecule has 0 amide bonds. The third-order valence-corrected chi connectivity index (χ3v) is 5.68. The van der Waals surface area contributed by atoms with Crippen LogP contribution < -0.4 is 0 Å². The molecule has 0 aliphatic heterocycles. The summed E-state index contributed by atoms with van der Waals surface area (Å²) in [6.45, 7) is 20.2. The summed E-state index contributed by atoms with van der Waals surface area (Å²) in [7, 11) is 8.74. The molecule has 0 fully saturated rings.